The quantitative estimate of drug-likeness (QED) is 0.173. The van der Waals surface area contributed by atoms with Crippen LogP contribution in [0.15, 0.2) is 54.9 Å². The van der Waals surface area contributed by atoms with Crippen molar-refractivity contribution in [3.8, 4) is 6.01 Å². The van der Waals surface area contributed by atoms with Crippen LogP contribution < -0.4 is 4.74 Å². The van der Waals surface area contributed by atoms with Gasteiger partial charge >= 0.3 is 12.0 Å². The number of benzene rings is 1. The van der Waals surface area contributed by atoms with Crippen LogP contribution in [-0.4, -0.2) is 15.9 Å². The predicted molar refractivity (Wildman–Crippen MR) is 127 cm³/mol. The van der Waals surface area contributed by atoms with Gasteiger partial charge in [-0.2, -0.15) is 0 Å². The van der Waals surface area contributed by atoms with Crippen molar-refractivity contribution in [1.82, 2.24) is 9.97 Å². The van der Waals surface area contributed by atoms with Gasteiger partial charge in [0.05, 0.1) is 0 Å². The third-order valence-electron chi connectivity index (χ3n) is 5.50. The predicted octanol–water partition coefficient (Wildman–Crippen LogP) is 7.21. The van der Waals surface area contributed by atoms with Crippen LogP contribution in [-0.2, 0) is 11.2 Å². The highest BCUT2D eigenvalue weighted by atomic mass is 16.5. The zero-order chi connectivity index (χ0) is 22.2. The molecule has 2 aromatic rings. The molecule has 1 heterocycles. The minimum absolute atomic E-state index is 0.114. The molecule has 1 unspecified atom stereocenters. The molecular formula is C27H38N2O2. The number of carbonyl (C=O) groups excluding carboxylic acids is 1. The fourth-order valence-electron chi connectivity index (χ4n) is 3.64. The summed E-state index contributed by atoms with van der Waals surface area (Å²) in [5.74, 6) is -0.218. The summed E-state index contributed by atoms with van der Waals surface area (Å²) in [4.78, 5) is 20.7. The van der Waals surface area contributed by atoms with Gasteiger partial charge in [-0.3, -0.25) is 0 Å². The van der Waals surface area contributed by atoms with E-state index in [0.29, 0.717) is 0 Å². The van der Waals surface area contributed by atoms with Gasteiger partial charge < -0.3 is 4.74 Å². The van der Waals surface area contributed by atoms with Crippen LogP contribution in [0, 0.1) is 0 Å². The number of aromatic nitrogens is 2. The smallest absolute Gasteiger partial charge is 0.338 e. The van der Waals surface area contributed by atoms with Gasteiger partial charge in [-0.05, 0) is 30.4 Å². The molecule has 0 fully saturated rings. The van der Waals surface area contributed by atoms with E-state index in [4.69, 9.17) is 4.74 Å². The van der Waals surface area contributed by atoms with Crippen molar-refractivity contribution in [2.75, 3.05) is 0 Å². The Bertz CT molecular complexity index is 757. The van der Waals surface area contributed by atoms with E-state index in [1.165, 1.54) is 56.6 Å². The summed E-state index contributed by atoms with van der Waals surface area (Å²) in [7, 11) is 0. The third kappa shape index (κ3) is 10.4. The van der Waals surface area contributed by atoms with E-state index in [2.05, 4.69) is 35.9 Å². The number of unbranched alkanes of at least 4 members (excludes halogenated alkanes) is 7. The number of carbonyl (C=O) groups is 1. The zero-order valence-corrected chi connectivity index (χ0v) is 19.3. The summed E-state index contributed by atoms with van der Waals surface area (Å²) in [5, 5.41) is 0. The maximum atomic E-state index is 12.3. The van der Waals surface area contributed by atoms with Crippen molar-refractivity contribution in [3.05, 3.63) is 66.0 Å². The van der Waals surface area contributed by atoms with Crippen LogP contribution in [0.5, 0.6) is 6.01 Å². The van der Waals surface area contributed by atoms with Crippen LogP contribution in [0.4, 0.5) is 0 Å². The number of allylic oxidation sites excluding steroid dienone is 1. The Labute approximate surface area is 188 Å². The topological polar surface area (TPSA) is 52.1 Å². The van der Waals surface area contributed by atoms with Crippen LogP contribution >= 0.6 is 0 Å². The summed E-state index contributed by atoms with van der Waals surface area (Å²) in [6, 6.07) is 10.5. The second kappa shape index (κ2) is 15.3. The summed E-state index contributed by atoms with van der Waals surface area (Å²) in [5.41, 5.74) is 2.31. The van der Waals surface area contributed by atoms with Gasteiger partial charge in [-0.25, -0.2) is 14.8 Å². The zero-order valence-electron chi connectivity index (χ0n) is 19.3. The molecule has 4 heteroatoms. The number of hydrogen-bond acceptors (Lipinski definition) is 4. The lowest BCUT2D eigenvalue weighted by molar-refractivity contribution is -0.129. The Morgan fingerprint density at radius 1 is 0.903 bits per heavy atom. The summed E-state index contributed by atoms with van der Waals surface area (Å²) in [6.07, 6.45) is 20.0. The van der Waals surface area contributed by atoms with Crippen molar-refractivity contribution in [2.45, 2.75) is 90.4 Å². The van der Waals surface area contributed by atoms with Crippen molar-refractivity contribution in [1.29, 1.82) is 0 Å². The average Bonchev–Trinajstić information content (AvgIpc) is 2.80. The molecule has 0 radical (unpaired) electrons. The first-order chi connectivity index (χ1) is 15.2. The summed E-state index contributed by atoms with van der Waals surface area (Å²) in [6.45, 7) is 4.43. The van der Waals surface area contributed by atoms with Gasteiger partial charge in [0.15, 0.2) is 0 Å². The maximum Gasteiger partial charge on any atom is 0.338 e. The van der Waals surface area contributed by atoms with Gasteiger partial charge in [0.1, 0.15) is 0 Å². The number of nitrogens with zero attached hydrogens (tertiary/aromatic N) is 2. The average molecular weight is 423 g/mol. The standard InChI is InChI=1S/C27H38N2O2/c1-3-5-7-9-12-18-25(24-16-13-10-14-17-24)19-20-26(30)31-27-28-21-23(22-29-27)15-11-8-6-4-2/h10,13-14,16-17,19-22,25H,3-9,11-12,15,18H2,1-2H3/b20-19+. The number of ether oxygens (including phenoxy) is 1. The number of rotatable bonds is 15. The van der Waals surface area contributed by atoms with Crippen LogP contribution in [0.2, 0.25) is 0 Å². The first-order valence-electron chi connectivity index (χ1n) is 12.0. The fourth-order valence-corrected chi connectivity index (χ4v) is 3.64. The summed E-state index contributed by atoms with van der Waals surface area (Å²) < 4.78 is 5.31. The molecule has 0 saturated heterocycles. The molecule has 2 rings (SSSR count). The van der Waals surface area contributed by atoms with E-state index in [9.17, 15) is 4.79 Å². The Kier molecular flexibility index (Phi) is 12.3. The van der Waals surface area contributed by atoms with Gasteiger partial charge in [0.2, 0.25) is 0 Å². The Morgan fingerprint density at radius 3 is 2.23 bits per heavy atom. The first kappa shape index (κ1) is 24.8. The van der Waals surface area contributed by atoms with E-state index in [-0.39, 0.29) is 11.9 Å². The molecule has 0 spiro atoms. The van der Waals surface area contributed by atoms with E-state index in [0.717, 1.165) is 31.2 Å². The summed E-state index contributed by atoms with van der Waals surface area (Å²) >= 11 is 0. The van der Waals surface area contributed by atoms with Crippen molar-refractivity contribution < 1.29 is 9.53 Å². The lowest BCUT2D eigenvalue weighted by Crippen LogP contribution is -2.08. The molecule has 0 N–H and O–H groups in total. The highest BCUT2D eigenvalue weighted by molar-refractivity contribution is 5.83. The fraction of sp³-hybridized carbons (Fsp3) is 0.519. The minimum Gasteiger partial charge on any atom is -0.388 e. The molecule has 0 aliphatic heterocycles. The molecule has 168 valence electrons. The van der Waals surface area contributed by atoms with E-state index in [1.807, 2.05) is 24.3 Å². The molecule has 31 heavy (non-hydrogen) atoms. The van der Waals surface area contributed by atoms with Gasteiger partial charge in [-0.15, -0.1) is 0 Å². The SMILES string of the molecule is CCCCCCCC(/C=C/C(=O)Oc1ncc(CCCCCC)cn1)c1ccccc1. The molecule has 4 nitrogen and oxygen atoms in total. The lowest BCUT2D eigenvalue weighted by Gasteiger charge is -2.13. The van der Waals surface area contributed by atoms with Crippen molar-refractivity contribution >= 4 is 5.97 Å². The first-order valence-corrected chi connectivity index (χ1v) is 12.0. The molecule has 0 aliphatic carbocycles. The highest BCUT2D eigenvalue weighted by Gasteiger charge is 2.10. The maximum absolute atomic E-state index is 12.3. The molecule has 0 amide bonds. The van der Waals surface area contributed by atoms with Gasteiger partial charge in [0.25, 0.3) is 0 Å². The largest absolute Gasteiger partial charge is 0.388 e. The third-order valence-corrected chi connectivity index (χ3v) is 5.50. The second-order valence-corrected chi connectivity index (χ2v) is 8.18. The van der Waals surface area contributed by atoms with E-state index < -0.39 is 5.97 Å². The van der Waals surface area contributed by atoms with Crippen LogP contribution in [0.3, 0.4) is 0 Å². The Hall–Kier alpha value is -2.49. The Balaban J connectivity index is 1.87. The highest BCUT2D eigenvalue weighted by Crippen LogP contribution is 2.24. The number of esters is 1. The molecule has 0 bridgehead atoms. The van der Waals surface area contributed by atoms with E-state index in [1.54, 1.807) is 12.4 Å². The van der Waals surface area contributed by atoms with Crippen LogP contribution in [0.25, 0.3) is 0 Å². The molecule has 0 aliphatic rings. The second-order valence-electron chi connectivity index (χ2n) is 8.18. The van der Waals surface area contributed by atoms with E-state index >= 15 is 0 Å². The minimum atomic E-state index is -0.428. The molecule has 0 saturated carbocycles. The van der Waals surface area contributed by atoms with Gasteiger partial charge in [0, 0.05) is 24.4 Å². The Morgan fingerprint density at radius 2 is 1.55 bits per heavy atom. The van der Waals surface area contributed by atoms with Crippen molar-refractivity contribution in [3.63, 3.8) is 0 Å². The molecule has 1 aromatic heterocycles. The molecule has 1 aromatic carbocycles. The lowest BCUT2D eigenvalue weighted by atomic mass is 9.92. The monoisotopic (exact) mass is 422 g/mol. The van der Waals surface area contributed by atoms with Gasteiger partial charge in [-0.1, -0.05) is 102 Å². The van der Waals surface area contributed by atoms with Crippen LogP contribution in [0.1, 0.15) is 95.1 Å². The molecule has 1 atom stereocenters. The number of hydrogen-bond donors (Lipinski definition) is 0. The number of aryl methyl sites for hydroxylation is 1. The molecular weight excluding hydrogens is 384 g/mol. The normalized spacial score (nSPS) is 12.2. The van der Waals surface area contributed by atoms with Crippen molar-refractivity contribution in [2.24, 2.45) is 0 Å².